The maximum Gasteiger partial charge on any atom is 0.248 e. The zero-order valence-electron chi connectivity index (χ0n) is 19.6. The van der Waals surface area contributed by atoms with E-state index >= 15 is 0 Å². The number of carbonyl (C=O) groups excluding carboxylic acids is 2. The summed E-state index contributed by atoms with van der Waals surface area (Å²) < 4.78 is 31.9. The molecule has 2 amide bonds. The summed E-state index contributed by atoms with van der Waals surface area (Å²) in [5, 5.41) is 0. The highest BCUT2D eigenvalue weighted by Crippen LogP contribution is 2.19. The van der Waals surface area contributed by atoms with Crippen LogP contribution in [0.3, 0.4) is 0 Å². The first-order chi connectivity index (χ1) is 16.8. The van der Waals surface area contributed by atoms with Gasteiger partial charge in [0, 0.05) is 26.9 Å². The average Bonchev–Trinajstić information content (AvgIpc) is 3.28. The third-order valence-electron chi connectivity index (χ3n) is 5.76. The predicted octanol–water partition coefficient (Wildman–Crippen LogP) is 5.36. The molecule has 0 spiro atoms. The Bertz CT molecular complexity index is 1410. The third-order valence-corrected chi connectivity index (χ3v) is 7.95. The molecule has 0 aliphatic rings. The van der Waals surface area contributed by atoms with Gasteiger partial charge in [-0.25, -0.2) is 8.78 Å². The summed E-state index contributed by atoms with van der Waals surface area (Å²) in [7, 11) is 3.63. The van der Waals surface area contributed by atoms with Crippen LogP contribution in [0.25, 0.3) is 20.4 Å². The monoisotopic (exact) mass is 516 g/mol. The van der Waals surface area contributed by atoms with Gasteiger partial charge in [-0.3, -0.25) is 9.59 Å². The molecule has 0 N–H and O–H groups in total. The summed E-state index contributed by atoms with van der Waals surface area (Å²) >= 11 is 2.60. The molecule has 2 aromatic heterocycles. The molecule has 0 aliphatic carbocycles. The van der Waals surface area contributed by atoms with Crippen LogP contribution in [0.2, 0.25) is 0 Å². The molecule has 2 heterocycles. The van der Waals surface area contributed by atoms with Gasteiger partial charge in [-0.1, -0.05) is 41.9 Å². The highest BCUT2D eigenvalue weighted by molar-refractivity contribution is 7.16. The molecule has 2 aromatic carbocycles. The number of halogens is 2. The maximum absolute atomic E-state index is 13.4. The zero-order chi connectivity index (χ0) is 24.9. The standard InChI is InChI=1S/C25H26F2N4O2S2/c1-30-18-12-10-16(26)14-20(18)34-24(30)28-22(32)8-6-4-3-5-7-9-23(33)29-25-31(2)19-13-11-17(27)15-21(19)35-25/h10-15H,3-9H2,1-2H3. The fraction of sp³-hybridized carbons (Fsp3) is 0.360. The summed E-state index contributed by atoms with van der Waals surface area (Å²) in [5.41, 5.74) is 1.69. The van der Waals surface area contributed by atoms with Gasteiger partial charge in [0.15, 0.2) is 9.60 Å². The fourth-order valence-electron chi connectivity index (χ4n) is 3.84. The maximum atomic E-state index is 13.4. The summed E-state index contributed by atoms with van der Waals surface area (Å²) in [4.78, 5) is 34.0. The van der Waals surface area contributed by atoms with Gasteiger partial charge in [0.2, 0.25) is 11.8 Å². The molecule has 0 radical (unpaired) electrons. The minimum absolute atomic E-state index is 0.183. The number of carbonyl (C=O) groups is 2. The number of aromatic nitrogens is 2. The first-order valence-electron chi connectivity index (χ1n) is 11.5. The van der Waals surface area contributed by atoms with Gasteiger partial charge in [0.05, 0.1) is 20.4 Å². The van der Waals surface area contributed by atoms with Crippen molar-refractivity contribution in [2.24, 2.45) is 24.1 Å². The van der Waals surface area contributed by atoms with Gasteiger partial charge in [0.1, 0.15) is 11.6 Å². The van der Waals surface area contributed by atoms with E-state index in [9.17, 15) is 18.4 Å². The van der Waals surface area contributed by atoms with Crippen LogP contribution in [-0.4, -0.2) is 20.9 Å². The molecule has 0 atom stereocenters. The number of rotatable bonds is 8. The van der Waals surface area contributed by atoms with Crippen molar-refractivity contribution in [1.82, 2.24) is 9.13 Å². The van der Waals surface area contributed by atoms with E-state index in [1.807, 2.05) is 14.1 Å². The van der Waals surface area contributed by atoms with Gasteiger partial charge < -0.3 is 9.13 Å². The Kier molecular flexibility index (Phi) is 8.02. The van der Waals surface area contributed by atoms with Crippen LogP contribution in [0.4, 0.5) is 8.78 Å². The third kappa shape index (κ3) is 6.18. The van der Waals surface area contributed by atoms with E-state index in [1.165, 1.54) is 46.9 Å². The van der Waals surface area contributed by atoms with Crippen molar-refractivity contribution in [2.75, 3.05) is 0 Å². The van der Waals surface area contributed by atoms with E-state index in [4.69, 9.17) is 0 Å². The Labute approximate surface area is 208 Å². The highest BCUT2D eigenvalue weighted by atomic mass is 32.1. The second kappa shape index (κ2) is 11.2. The zero-order valence-corrected chi connectivity index (χ0v) is 21.2. The lowest BCUT2D eigenvalue weighted by molar-refractivity contribution is -0.118. The number of amides is 2. The van der Waals surface area contributed by atoms with Crippen molar-refractivity contribution in [3.05, 3.63) is 57.6 Å². The smallest absolute Gasteiger partial charge is 0.248 e. The summed E-state index contributed by atoms with van der Waals surface area (Å²) in [6, 6.07) is 9.07. The number of aryl methyl sites for hydroxylation is 2. The number of hydrogen-bond donors (Lipinski definition) is 0. The molecule has 4 rings (SSSR count). The van der Waals surface area contributed by atoms with Crippen LogP contribution in [0.5, 0.6) is 0 Å². The Hall–Kier alpha value is -2.98. The molecule has 0 bridgehead atoms. The van der Waals surface area contributed by atoms with Crippen LogP contribution in [0.15, 0.2) is 46.4 Å². The second-order valence-electron chi connectivity index (χ2n) is 8.39. The number of fused-ring (bicyclic) bond motifs is 2. The molecule has 0 saturated heterocycles. The van der Waals surface area contributed by atoms with Gasteiger partial charge in [-0.15, -0.1) is 0 Å². The molecule has 0 aliphatic heterocycles. The topological polar surface area (TPSA) is 68.7 Å². The Morgan fingerprint density at radius 2 is 1.11 bits per heavy atom. The van der Waals surface area contributed by atoms with Gasteiger partial charge >= 0.3 is 0 Å². The van der Waals surface area contributed by atoms with E-state index in [2.05, 4.69) is 9.98 Å². The molecule has 184 valence electrons. The normalized spacial score (nSPS) is 12.8. The number of hydrogen-bond acceptors (Lipinski definition) is 4. The van der Waals surface area contributed by atoms with Crippen molar-refractivity contribution in [2.45, 2.75) is 44.9 Å². The van der Waals surface area contributed by atoms with E-state index < -0.39 is 0 Å². The Balaban J connectivity index is 1.19. The molecule has 0 saturated carbocycles. The van der Waals surface area contributed by atoms with Crippen molar-refractivity contribution in [3.63, 3.8) is 0 Å². The molecule has 6 nitrogen and oxygen atoms in total. The highest BCUT2D eigenvalue weighted by Gasteiger charge is 2.08. The Morgan fingerprint density at radius 1 is 0.714 bits per heavy atom. The van der Waals surface area contributed by atoms with Crippen molar-refractivity contribution in [1.29, 1.82) is 0 Å². The Morgan fingerprint density at radius 3 is 1.54 bits per heavy atom. The van der Waals surface area contributed by atoms with Crippen molar-refractivity contribution in [3.8, 4) is 0 Å². The molecule has 0 fully saturated rings. The van der Waals surface area contributed by atoms with Gasteiger partial charge in [0.25, 0.3) is 0 Å². The first-order valence-corrected chi connectivity index (χ1v) is 13.1. The number of nitrogens with zero attached hydrogens (tertiary/aromatic N) is 4. The van der Waals surface area contributed by atoms with Crippen LogP contribution in [0, 0.1) is 11.6 Å². The SMILES string of the molecule is Cn1c(=NC(=O)CCCCCCCC(=O)N=c2sc3cc(F)ccc3n2C)sc2cc(F)ccc21. The van der Waals surface area contributed by atoms with E-state index in [1.54, 1.807) is 21.3 Å². The molecular formula is C25H26F2N4O2S2. The lowest BCUT2D eigenvalue weighted by Crippen LogP contribution is -2.13. The largest absolute Gasteiger partial charge is 0.319 e. The molecule has 4 aromatic rings. The van der Waals surface area contributed by atoms with E-state index in [0.717, 1.165) is 52.5 Å². The lowest BCUT2D eigenvalue weighted by atomic mass is 10.1. The van der Waals surface area contributed by atoms with Crippen molar-refractivity contribution >= 4 is 54.9 Å². The van der Waals surface area contributed by atoms with E-state index in [-0.39, 0.29) is 23.4 Å². The minimum atomic E-state index is -0.307. The number of thiazole rings is 2. The summed E-state index contributed by atoms with van der Waals surface area (Å²) in [6.45, 7) is 0. The number of benzene rings is 2. The minimum Gasteiger partial charge on any atom is -0.319 e. The van der Waals surface area contributed by atoms with Crippen LogP contribution in [0.1, 0.15) is 44.9 Å². The average molecular weight is 517 g/mol. The molecule has 0 unspecified atom stereocenters. The lowest BCUT2D eigenvalue weighted by Gasteiger charge is -1.99. The van der Waals surface area contributed by atoms with Crippen molar-refractivity contribution < 1.29 is 18.4 Å². The van der Waals surface area contributed by atoms with Gasteiger partial charge in [-0.05, 0) is 49.2 Å². The fourth-order valence-corrected chi connectivity index (χ4v) is 5.96. The molecule has 10 heteroatoms. The first kappa shape index (κ1) is 25.1. The summed E-state index contributed by atoms with van der Waals surface area (Å²) in [6.07, 6.45) is 4.88. The summed E-state index contributed by atoms with van der Waals surface area (Å²) in [5.74, 6) is -0.980. The van der Waals surface area contributed by atoms with Gasteiger partial charge in [-0.2, -0.15) is 9.98 Å². The molecule has 35 heavy (non-hydrogen) atoms. The predicted molar refractivity (Wildman–Crippen MR) is 135 cm³/mol. The number of unbranched alkanes of at least 4 members (excludes halogenated alkanes) is 4. The van der Waals surface area contributed by atoms with Crippen LogP contribution < -0.4 is 9.60 Å². The quantitative estimate of drug-likeness (QED) is 0.296. The second-order valence-corrected chi connectivity index (χ2v) is 10.4. The van der Waals surface area contributed by atoms with Crippen LogP contribution in [-0.2, 0) is 23.7 Å². The molecular weight excluding hydrogens is 490 g/mol. The van der Waals surface area contributed by atoms with Crippen LogP contribution >= 0.6 is 22.7 Å². The van der Waals surface area contributed by atoms with E-state index in [0.29, 0.717) is 22.4 Å².